The highest BCUT2D eigenvalue weighted by Crippen LogP contribution is 2.12. The van der Waals surface area contributed by atoms with E-state index in [-0.39, 0.29) is 11.8 Å². The van der Waals surface area contributed by atoms with Crippen LogP contribution in [0.3, 0.4) is 0 Å². The maximum absolute atomic E-state index is 12.2. The Morgan fingerprint density at radius 2 is 1.57 bits per heavy atom. The highest BCUT2D eigenvalue weighted by atomic mass is 16.5. The summed E-state index contributed by atoms with van der Waals surface area (Å²) in [7, 11) is 0. The lowest BCUT2D eigenvalue weighted by Crippen LogP contribution is -2.54. The van der Waals surface area contributed by atoms with Gasteiger partial charge in [0, 0.05) is 12.5 Å². The summed E-state index contributed by atoms with van der Waals surface area (Å²) in [5.41, 5.74) is 6.02. The SMILES string of the molecule is CC(=O)N[C@@H](C(=O)NNC(=O)c1ccc(COc2ccccc2)cc1)C(C)C. The standard InChI is InChI=1S/C21H25N3O4/c1-14(2)19(22-15(3)25)21(27)24-23-20(26)17-11-9-16(10-12-17)13-28-18-7-5-4-6-8-18/h4-12,14,19H,13H2,1-3H3,(H,22,25)(H,23,26)(H,24,27)/t19-/m1/s1. The van der Waals surface area contributed by atoms with E-state index in [4.69, 9.17) is 4.74 Å². The zero-order valence-electron chi connectivity index (χ0n) is 16.2. The van der Waals surface area contributed by atoms with Gasteiger partial charge in [-0.2, -0.15) is 0 Å². The maximum Gasteiger partial charge on any atom is 0.269 e. The van der Waals surface area contributed by atoms with Crippen molar-refractivity contribution >= 4 is 17.7 Å². The van der Waals surface area contributed by atoms with Gasteiger partial charge in [0.25, 0.3) is 11.8 Å². The molecule has 0 saturated heterocycles. The minimum Gasteiger partial charge on any atom is -0.489 e. The molecule has 2 rings (SSSR count). The van der Waals surface area contributed by atoms with Gasteiger partial charge in [-0.3, -0.25) is 25.2 Å². The van der Waals surface area contributed by atoms with Crippen LogP contribution in [0.5, 0.6) is 5.75 Å². The van der Waals surface area contributed by atoms with Gasteiger partial charge in [-0.05, 0) is 35.7 Å². The first-order valence-electron chi connectivity index (χ1n) is 9.01. The van der Waals surface area contributed by atoms with Gasteiger partial charge in [0.05, 0.1) is 0 Å². The molecule has 0 aliphatic rings. The largest absolute Gasteiger partial charge is 0.489 e. The van der Waals surface area contributed by atoms with Crippen LogP contribution in [0, 0.1) is 5.92 Å². The summed E-state index contributed by atoms with van der Waals surface area (Å²) in [5, 5.41) is 2.56. The molecule has 0 aliphatic heterocycles. The Bertz CT molecular complexity index is 804. The van der Waals surface area contributed by atoms with Crippen LogP contribution in [0.2, 0.25) is 0 Å². The van der Waals surface area contributed by atoms with Crippen molar-refractivity contribution in [2.75, 3.05) is 0 Å². The molecule has 0 heterocycles. The van der Waals surface area contributed by atoms with Crippen LogP contribution in [0.15, 0.2) is 54.6 Å². The van der Waals surface area contributed by atoms with Gasteiger partial charge < -0.3 is 10.1 Å². The van der Waals surface area contributed by atoms with E-state index in [1.807, 2.05) is 30.3 Å². The Morgan fingerprint density at radius 3 is 2.14 bits per heavy atom. The number of benzene rings is 2. The van der Waals surface area contributed by atoms with Crippen molar-refractivity contribution in [1.82, 2.24) is 16.2 Å². The zero-order chi connectivity index (χ0) is 20.5. The lowest BCUT2D eigenvalue weighted by molar-refractivity contribution is -0.129. The molecule has 2 aromatic rings. The van der Waals surface area contributed by atoms with E-state index in [1.54, 1.807) is 38.1 Å². The van der Waals surface area contributed by atoms with E-state index in [0.717, 1.165) is 11.3 Å². The molecule has 0 aliphatic carbocycles. The number of hydrogen-bond acceptors (Lipinski definition) is 4. The van der Waals surface area contributed by atoms with Gasteiger partial charge >= 0.3 is 0 Å². The van der Waals surface area contributed by atoms with Crippen LogP contribution < -0.4 is 20.9 Å². The molecule has 7 heteroatoms. The minimum absolute atomic E-state index is 0.121. The second-order valence-electron chi connectivity index (χ2n) is 6.66. The number of para-hydroxylation sites is 1. The van der Waals surface area contributed by atoms with Crippen LogP contribution in [-0.2, 0) is 16.2 Å². The Balaban J connectivity index is 1.86. The number of carbonyl (C=O) groups excluding carboxylic acids is 3. The second kappa shape index (κ2) is 10.1. The van der Waals surface area contributed by atoms with Crippen LogP contribution in [0.25, 0.3) is 0 Å². The van der Waals surface area contributed by atoms with Crippen LogP contribution in [-0.4, -0.2) is 23.8 Å². The van der Waals surface area contributed by atoms with Crippen LogP contribution >= 0.6 is 0 Å². The first kappa shape index (κ1) is 21.0. The normalized spacial score (nSPS) is 11.4. The van der Waals surface area contributed by atoms with E-state index in [1.165, 1.54) is 6.92 Å². The number of hydrogen-bond donors (Lipinski definition) is 3. The number of ether oxygens (including phenoxy) is 1. The predicted molar refractivity (Wildman–Crippen MR) is 105 cm³/mol. The van der Waals surface area contributed by atoms with Crippen molar-refractivity contribution in [1.29, 1.82) is 0 Å². The Morgan fingerprint density at radius 1 is 0.929 bits per heavy atom. The molecule has 0 aromatic heterocycles. The van der Waals surface area contributed by atoms with Gasteiger partial charge in [0.2, 0.25) is 5.91 Å². The highest BCUT2D eigenvalue weighted by Gasteiger charge is 2.23. The highest BCUT2D eigenvalue weighted by molar-refractivity contribution is 5.96. The molecule has 0 saturated carbocycles. The van der Waals surface area contributed by atoms with Gasteiger partial charge in [0.15, 0.2) is 0 Å². The zero-order valence-corrected chi connectivity index (χ0v) is 16.2. The number of carbonyl (C=O) groups is 3. The van der Waals surface area contributed by atoms with Gasteiger partial charge in [-0.15, -0.1) is 0 Å². The molecule has 0 unspecified atom stereocenters. The van der Waals surface area contributed by atoms with Crippen molar-refractivity contribution in [2.45, 2.75) is 33.4 Å². The molecule has 148 valence electrons. The third kappa shape index (κ3) is 6.42. The van der Waals surface area contributed by atoms with E-state index >= 15 is 0 Å². The lowest BCUT2D eigenvalue weighted by Gasteiger charge is -2.21. The van der Waals surface area contributed by atoms with Gasteiger partial charge in [-0.25, -0.2) is 0 Å². The smallest absolute Gasteiger partial charge is 0.269 e. The van der Waals surface area contributed by atoms with Crippen LogP contribution in [0.1, 0.15) is 36.7 Å². The van der Waals surface area contributed by atoms with E-state index in [2.05, 4.69) is 16.2 Å². The van der Waals surface area contributed by atoms with Crippen molar-refractivity contribution in [3.8, 4) is 5.75 Å². The maximum atomic E-state index is 12.2. The summed E-state index contributed by atoms with van der Waals surface area (Å²) < 4.78 is 5.66. The lowest BCUT2D eigenvalue weighted by atomic mass is 10.0. The molecule has 0 spiro atoms. The molecule has 7 nitrogen and oxygen atoms in total. The first-order chi connectivity index (χ1) is 13.4. The summed E-state index contributed by atoms with van der Waals surface area (Å²) >= 11 is 0. The molecule has 0 fully saturated rings. The molecule has 2 aromatic carbocycles. The molecule has 3 N–H and O–H groups in total. The molecule has 3 amide bonds. The summed E-state index contributed by atoms with van der Waals surface area (Å²) in [4.78, 5) is 35.6. The van der Waals surface area contributed by atoms with E-state index in [0.29, 0.717) is 12.2 Å². The number of nitrogens with one attached hydrogen (secondary N) is 3. The number of hydrazine groups is 1. The Labute approximate surface area is 164 Å². The van der Waals surface area contributed by atoms with Crippen molar-refractivity contribution in [2.24, 2.45) is 5.92 Å². The van der Waals surface area contributed by atoms with Crippen molar-refractivity contribution in [3.05, 3.63) is 65.7 Å². The monoisotopic (exact) mass is 383 g/mol. The first-order valence-corrected chi connectivity index (χ1v) is 9.01. The fourth-order valence-electron chi connectivity index (χ4n) is 2.46. The van der Waals surface area contributed by atoms with Crippen molar-refractivity contribution in [3.63, 3.8) is 0 Å². The summed E-state index contributed by atoms with van der Waals surface area (Å²) in [6.07, 6.45) is 0. The topological polar surface area (TPSA) is 96.5 Å². The fraction of sp³-hybridized carbons (Fsp3) is 0.286. The minimum atomic E-state index is -0.727. The summed E-state index contributed by atoms with van der Waals surface area (Å²) in [6.45, 7) is 5.33. The molecule has 0 radical (unpaired) electrons. The number of rotatable bonds is 7. The summed E-state index contributed by atoms with van der Waals surface area (Å²) in [5.74, 6) is -0.593. The molecular formula is C21H25N3O4. The Kier molecular flexibility index (Phi) is 7.56. The fourth-order valence-corrected chi connectivity index (χ4v) is 2.46. The molecular weight excluding hydrogens is 358 g/mol. The van der Waals surface area contributed by atoms with Crippen molar-refractivity contribution < 1.29 is 19.1 Å². The molecule has 28 heavy (non-hydrogen) atoms. The quantitative estimate of drug-likeness (QED) is 0.639. The average Bonchev–Trinajstić information content (AvgIpc) is 2.69. The summed E-state index contributed by atoms with van der Waals surface area (Å²) in [6, 6.07) is 15.6. The van der Waals surface area contributed by atoms with Gasteiger partial charge in [0.1, 0.15) is 18.4 Å². The molecule has 1 atom stereocenters. The van der Waals surface area contributed by atoms with Gasteiger partial charge in [-0.1, -0.05) is 44.2 Å². The Hall–Kier alpha value is -3.35. The predicted octanol–water partition coefficient (Wildman–Crippen LogP) is 2.19. The number of amides is 3. The second-order valence-corrected chi connectivity index (χ2v) is 6.66. The van der Waals surface area contributed by atoms with Crippen LogP contribution in [0.4, 0.5) is 0 Å². The third-order valence-electron chi connectivity index (χ3n) is 3.97. The third-order valence-corrected chi connectivity index (χ3v) is 3.97. The van der Waals surface area contributed by atoms with E-state index < -0.39 is 17.9 Å². The average molecular weight is 383 g/mol. The van der Waals surface area contributed by atoms with E-state index in [9.17, 15) is 14.4 Å². The molecule has 0 bridgehead atoms.